The van der Waals surface area contributed by atoms with E-state index in [1.165, 1.54) is 5.01 Å². The van der Waals surface area contributed by atoms with Gasteiger partial charge < -0.3 is 14.2 Å². The summed E-state index contributed by atoms with van der Waals surface area (Å²) in [6, 6.07) is 6.40. The monoisotopic (exact) mass is 492 g/mol. The van der Waals surface area contributed by atoms with Gasteiger partial charge in [-0.1, -0.05) is 26.7 Å². The van der Waals surface area contributed by atoms with Gasteiger partial charge in [-0.2, -0.15) is 5.10 Å². The molecule has 2 aromatic heterocycles. The Labute approximate surface area is 210 Å². The second kappa shape index (κ2) is 9.79. The SMILES string of the molecule is CCCC1(CCC)NC(=O)N(CC(=O)N2N=C3C(=Cc4ccco4)CCCC3C2c2ccco2)C1=O. The van der Waals surface area contributed by atoms with Gasteiger partial charge >= 0.3 is 6.03 Å². The number of allylic oxidation sites excluding steroid dienone is 1. The Morgan fingerprint density at radius 2 is 1.92 bits per heavy atom. The second-order valence-electron chi connectivity index (χ2n) is 9.77. The number of urea groups is 1. The first kappa shape index (κ1) is 24.1. The number of hydrogen-bond donors (Lipinski definition) is 1. The van der Waals surface area contributed by atoms with E-state index in [2.05, 4.69) is 5.32 Å². The molecular weight excluding hydrogens is 460 g/mol. The normalized spacial score (nSPS) is 24.3. The van der Waals surface area contributed by atoms with Crippen LogP contribution in [0.15, 0.2) is 56.3 Å². The second-order valence-corrected chi connectivity index (χ2v) is 9.77. The molecule has 5 rings (SSSR count). The molecule has 0 radical (unpaired) electrons. The van der Waals surface area contributed by atoms with E-state index in [1.807, 2.05) is 38.1 Å². The Hall–Kier alpha value is -3.62. The average molecular weight is 493 g/mol. The largest absolute Gasteiger partial charge is 0.467 e. The highest BCUT2D eigenvalue weighted by Gasteiger charge is 2.52. The quantitative estimate of drug-likeness (QED) is 0.528. The minimum absolute atomic E-state index is 0.0440. The van der Waals surface area contributed by atoms with Gasteiger partial charge in [-0.3, -0.25) is 14.5 Å². The van der Waals surface area contributed by atoms with Crippen molar-refractivity contribution in [2.75, 3.05) is 6.54 Å². The van der Waals surface area contributed by atoms with E-state index in [-0.39, 0.29) is 18.4 Å². The van der Waals surface area contributed by atoms with Gasteiger partial charge in [-0.15, -0.1) is 0 Å². The molecule has 1 saturated carbocycles. The molecule has 1 N–H and O–H groups in total. The third-order valence-electron chi connectivity index (χ3n) is 7.34. The maximum atomic E-state index is 13.7. The van der Waals surface area contributed by atoms with E-state index >= 15 is 0 Å². The molecule has 9 heteroatoms. The highest BCUT2D eigenvalue weighted by atomic mass is 16.3. The van der Waals surface area contributed by atoms with E-state index in [0.717, 1.165) is 54.0 Å². The summed E-state index contributed by atoms with van der Waals surface area (Å²) in [6.45, 7) is 3.60. The molecular formula is C27H32N4O5. The summed E-state index contributed by atoms with van der Waals surface area (Å²) in [5, 5.41) is 9.07. The van der Waals surface area contributed by atoms with Crippen molar-refractivity contribution in [2.45, 2.75) is 70.4 Å². The highest BCUT2D eigenvalue weighted by molar-refractivity contribution is 6.10. The molecule has 3 aliphatic rings. The summed E-state index contributed by atoms with van der Waals surface area (Å²) < 4.78 is 11.2. The molecule has 0 aromatic carbocycles. The Morgan fingerprint density at radius 3 is 2.58 bits per heavy atom. The fourth-order valence-corrected chi connectivity index (χ4v) is 5.84. The number of hydrogen-bond acceptors (Lipinski definition) is 6. The topological polar surface area (TPSA) is 108 Å². The van der Waals surface area contributed by atoms with Crippen molar-refractivity contribution in [3.63, 3.8) is 0 Å². The Balaban J connectivity index is 1.44. The van der Waals surface area contributed by atoms with E-state index in [4.69, 9.17) is 13.9 Å². The zero-order valence-electron chi connectivity index (χ0n) is 20.7. The number of carbonyl (C=O) groups excluding carboxylic acids is 3. The fraction of sp³-hybridized carbons (Fsp3) is 0.481. The van der Waals surface area contributed by atoms with Crippen molar-refractivity contribution < 1.29 is 23.2 Å². The van der Waals surface area contributed by atoms with Crippen molar-refractivity contribution >= 4 is 29.6 Å². The number of rotatable bonds is 8. The molecule has 190 valence electrons. The van der Waals surface area contributed by atoms with Crippen LogP contribution in [0.25, 0.3) is 6.08 Å². The Bertz CT molecular complexity index is 1170. The number of imide groups is 1. The summed E-state index contributed by atoms with van der Waals surface area (Å²) in [7, 11) is 0. The zero-order chi connectivity index (χ0) is 25.3. The lowest BCUT2D eigenvalue weighted by molar-refractivity contribution is -0.140. The van der Waals surface area contributed by atoms with Crippen LogP contribution in [0.1, 0.15) is 76.4 Å². The van der Waals surface area contributed by atoms with Crippen LogP contribution in [0.3, 0.4) is 0 Å². The third kappa shape index (κ3) is 4.16. The van der Waals surface area contributed by atoms with Crippen LogP contribution in [-0.4, -0.2) is 45.5 Å². The summed E-state index contributed by atoms with van der Waals surface area (Å²) in [6.07, 6.45) is 10.4. The van der Waals surface area contributed by atoms with E-state index in [9.17, 15) is 14.4 Å². The van der Waals surface area contributed by atoms with E-state index in [1.54, 1.807) is 18.6 Å². The molecule has 1 saturated heterocycles. The highest BCUT2D eigenvalue weighted by Crippen LogP contribution is 2.44. The zero-order valence-corrected chi connectivity index (χ0v) is 20.7. The minimum atomic E-state index is -0.939. The number of nitrogens with one attached hydrogen (secondary N) is 1. The Kier molecular flexibility index (Phi) is 6.55. The predicted octanol–water partition coefficient (Wildman–Crippen LogP) is 4.89. The molecule has 4 amide bonds. The average Bonchev–Trinajstić information content (AvgIpc) is 3.65. The van der Waals surface area contributed by atoms with Gasteiger partial charge in [0.15, 0.2) is 0 Å². The number of furan rings is 2. The molecule has 4 heterocycles. The van der Waals surface area contributed by atoms with Crippen LogP contribution in [0.5, 0.6) is 0 Å². The molecule has 2 atom stereocenters. The molecule has 9 nitrogen and oxygen atoms in total. The predicted molar refractivity (Wildman–Crippen MR) is 133 cm³/mol. The lowest BCUT2D eigenvalue weighted by atomic mass is 9.79. The van der Waals surface area contributed by atoms with Gasteiger partial charge in [-0.25, -0.2) is 9.80 Å². The smallest absolute Gasteiger partial charge is 0.325 e. The van der Waals surface area contributed by atoms with E-state index in [0.29, 0.717) is 18.6 Å². The van der Waals surface area contributed by atoms with Crippen LogP contribution in [0.2, 0.25) is 0 Å². The first-order chi connectivity index (χ1) is 17.5. The molecule has 2 unspecified atom stereocenters. The first-order valence-electron chi connectivity index (χ1n) is 12.8. The van der Waals surface area contributed by atoms with Gasteiger partial charge in [0.05, 0.1) is 18.2 Å². The molecule has 1 aliphatic carbocycles. The van der Waals surface area contributed by atoms with Crippen LogP contribution in [-0.2, 0) is 9.59 Å². The van der Waals surface area contributed by atoms with Gasteiger partial charge in [0.1, 0.15) is 29.6 Å². The number of hydrazone groups is 1. The van der Waals surface area contributed by atoms with Crippen molar-refractivity contribution in [1.29, 1.82) is 0 Å². The molecule has 36 heavy (non-hydrogen) atoms. The van der Waals surface area contributed by atoms with Crippen molar-refractivity contribution in [2.24, 2.45) is 11.0 Å². The van der Waals surface area contributed by atoms with Gasteiger partial charge in [0.25, 0.3) is 11.8 Å². The summed E-state index contributed by atoms with van der Waals surface area (Å²) in [5.41, 5.74) is 0.911. The van der Waals surface area contributed by atoms with Crippen molar-refractivity contribution in [3.05, 3.63) is 53.9 Å². The summed E-state index contributed by atoms with van der Waals surface area (Å²) in [4.78, 5) is 40.9. The lowest BCUT2D eigenvalue weighted by Gasteiger charge is -2.28. The number of amides is 4. The van der Waals surface area contributed by atoms with Crippen LogP contribution in [0.4, 0.5) is 4.79 Å². The van der Waals surface area contributed by atoms with Crippen LogP contribution >= 0.6 is 0 Å². The standard InChI is InChI=1S/C27H32N4O5/c1-3-12-27(13-4-2)25(33)30(26(34)28-27)17-22(32)31-24(21-11-7-15-36-21)20-10-5-8-18(23(20)29-31)16-19-9-6-14-35-19/h6-7,9,11,14-16,20,24H,3-5,8,10,12-13,17H2,1-2H3,(H,28,34). The fourth-order valence-electron chi connectivity index (χ4n) is 5.84. The molecule has 2 aromatic rings. The van der Waals surface area contributed by atoms with E-state index < -0.39 is 23.5 Å². The number of nitrogens with zero attached hydrogens (tertiary/aromatic N) is 3. The van der Waals surface area contributed by atoms with Gasteiger partial charge in [-0.05, 0) is 68.0 Å². The molecule has 0 bridgehead atoms. The molecule has 2 aliphatic heterocycles. The third-order valence-corrected chi connectivity index (χ3v) is 7.34. The lowest BCUT2D eigenvalue weighted by Crippen LogP contribution is -2.47. The van der Waals surface area contributed by atoms with Crippen molar-refractivity contribution in [3.8, 4) is 0 Å². The maximum absolute atomic E-state index is 13.7. The minimum Gasteiger partial charge on any atom is -0.467 e. The summed E-state index contributed by atoms with van der Waals surface area (Å²) >= 11 is 0. The Morgan fingerprint density at radius 1 is 1.17 bits per heavy atom. The molecule has 0 spiro atoms. The van der Waals surface area contributed by atoms with Crippen LogP contribution < -0.4 is 5.32 Å². The van der Waals surface area contributed by atoms with Gasteiger partial charge in [0, 0.05) is 5.92 Å². The number of carbonyl (C=O) groups is 3. The maximum Gasteiger partial charge on any atom is 0.325 e. The first-order valence-corrected chi connectivity index (χ1v) is 12.8. The number of fused-ring (bicyclic) bond motifs is 1. The molecule has 2 fully saturated rings. The van der Waals surface area contributed by atoms with Gasteiger partial charge in [0.2, 0.25) is 0 Å². The summed E-state index contributed by atoms with van der Waals surface area (Å²) in [5.74, 6) is 0.576. The van der Waals surface area contributed by atoms with Crippen LogP contribution in [0, 0.1) is 5.92 Å². The van der Waals surface area contributed by atoms with Crippen molar-refractivity contribution in [1.82, 2.24) is 15.2 Å².